The second-order valence-corrected chi connectivity index (χ2v) is 5.07. The summed E-state index contributed by atoms with van der Waals surface area (Å²) in [6.45, 7) is 0.611. The van der Waals surface area contributed by atoms with Gasteiger partial charge in [0.2, 0.25) is 0 Å². The summed E-state index contributed by atoms with van der Waals surface area (Å²) >= 11 is 5.03. The van der Waals surface area contributed by atoms with Gasteiger partial charge in [-0.05, 0) is 34.6 Å². The number of nitrogens with two attached hydrogens (primary N) is 1. The van der Waals surface area contributed by atoms with Gasteiger partial charge in [-0.2, -0.15) is 0 Å². The smallest absolute Gasteiger partial charge is 0.162 e. The Morgan fingerprint density at radius 1 is 1.57 bits per heavy atom. The Balaban J connectivity index is 2.33. The number of nitrogens with zero attached hydrogens (tertiary/aromatic N) is 1. The lowest BCUT2D eigenvalue weighted by molar-refractivity contribution is 0.581. The van der Waals surface area contributed by atoms with E-state index in [2.05, 4.69) is 20.9 Å². The van der Waals surface area contributed by atoms with E-state index >= 15 is 0 Å². The van der Waals surface area contributed by atoms with E-state index in [1.54, 1.807) is 17.6 Å². The Hall–Kier alpha value is -0.650. The van der Waals surface area contributed by atoms with Crippen LogP contribution in [0, 0.1) is 0 Å². The molecule has 0 atom stereocenters. The first-order chi connectivity index (χ1) is 6.81. The predicted octanol–water partition coefficient (Wildman–Crippen LogP) is 2.67. The molecule has 0 unspecified atom stereocenters. The summed E-state index contributed by atoms with van der Waals surface area (Å²) in [4.78, 5) is 4.44. The minimum absolute atomic E-state index is 0.611. The average Bonchev–Trinajstić information content (AvgIpc) is 2.76. The van der Waals surface area contributed by atoms with Gasteiger partial charge in [0.1, 0.15) is 0 Å². The third-order valence-corrected chi connectivity index (χ3v) is 3.61. The SMILES string of the molecule is NCCc1nc(-c2ccco2)sc1Br. The van der Waals surface area contributed by atoms with Crippen LogP contribution in [0.2, 0.25) is 0 Å². The molecule has 2 aromatic heterocycles. The van der Waals surface area contributed by atoms with Gasteiger partial charge in [-0.1, -0.05) is 0 Å². The molecule has 0 aliphatic carbocycles. The monoisotopic (exact) mass is 272 g/mol. The molecule has 2 aromatic rings. The Morgan fingerprint density at radius 3 is 3.07 bits per heavy atom. The van der Waals surface area contributed by atoms with Crippen LogP contribution in [-0.4, -0.2) is 11.5 Å². The molecular weight excluding hydrogens is 264 g/mol. The maximum Gasteiger partial charge on any atom is 0.162 e. The lowest BCUT2D eigenvalue weighted by atomic mass is 10.3. The van der Waals surface area contributed by atoms with E-state index in [-0.39, 0.29) is 0 Å². The molecule has 74 valence electrons. The number of hydrogen-bond donors (Lipinski definition) is 1. The summed E-state index contributed by atoms with van der Waals surface area (Å²) in [5, 5.41) is 0.894. The molecule has 2 heterocycles. The van der Waals surface area contributed by atoms with Crippen LogP contribution in [0.5, 0.6) is 0 Å². The first-order valence-electron chi connectivity index (χ1n) is 4.20. The van der Waals surface area contributed by atoms with Crippen molar-refractivity contribution in [3.05, 3.63) is 27.9 Å². The molecule has 0 bridgehead atoms. The van der Waals surface area contributed by atoms with E-state index in [4.69, 9.17) is 10.2 Å². The minimum Gasteiger partial charge on any atom is -0.462 e. The van der Waals surface area contributed by atoms with Crippen molar-refractivity contribution in [2.45, 2.75) is 6.42 Å². The topological polar surface area (TPSA) is 52.0 Å². The second-order valence-electron chi connectivity index (χ2n) is 2.76. The van der Waals surface area contributed by atoms with Gasteiger partial charge in [0, 0.05) is 6.42 Å². The molecule has 0 aromatic carbocycles. The normalized spacial score (nSPS) is 10.7. The second kappa shape index (κ2) is 4.25. The first kappa shape index (κ1) is 9.89. The minimum atomic E-state index is 0.611. The van der Waals surface area contributed by atoms with Crippen molar-refractivity contribution in [1.29, 1.82) is 0 Å². The number of aromatic nitrogens is 1. The molecule has 0 radical (unpaired) electrons. The van der Waals surface area contributed by atoms with Crippen LogP contribution in [0.4, 0.5) is 0 Å². The molecule has 14 heavy (non-hydrogen) atoms. The molecule has 0 saturated carbocycles. The van der Waals surface area contributed by atoms with Crippen molar-refractivity contribution in [3.8, 4) is 10.8 Å². The highest BCUT2D eigenvalue weighted by Gasteiger charge is 2.11. The molecule has 0 fully saturated rings. The van der Waals surface area contributed by atoms with Crippen molar-refractivity contribution >= 4 is 27.3 Å². The number of furan rings is 1. The predicted molar refractivity (Wildman–Crippen MR) is 60.3 cm³/mol. The van der Waals surface area contributed by atoms with Crippen LogP contribution in [0.1, 0.15) is 5.69 Å². The van der Waals surface area contributed by atoms with Crippen LogP contribution in [0.3, 0.4) is 0 Å². The fraction of sp³-hybridized carbons (Fsp3) is 0.222. The van der Waals surface area contributed by atoms with Gasteiger partial charge in [-0.25, -0.2) is 4.98 Å². The summed E-state index contributed by atoms with van der Waals surface area (Å²) in [6, 6.07) is 3.75. The average molecular weight is 273 g/mol. The Bertz CT molecular complexity index is 410. The van der Waals surface area contributed by atoms with E-state index < -0.39 is 0 Å². The Kier molecular flexibility index (Phi) is 3.00. The molecule has 5 heteroatoms. The molecule has 3 nitrogen and oxygen atoms in total. The van der Waals surface area contributed by atoms with E-state index in [0.29, 0.717) is 6.54 Å². The fourth-order valence-corrected chi connectivity index (χ4v) is 2.68. The molecular formula is C9H9BrN2OS. The third kappa shape index (κ3) is 1.89. The zero-order valence-electron chi connectivity index (χ0n) is 7.37. The Morgan fingerprint density at radius 2 is 2.43 bits per heavy atom. The summed E-state index contributed by atoms with van der Waals surface area (Å²) in [7, 11) is 0. The van der Waals surface area contributed by atoms with E-state index in [0.717, 1.165) is 26.7 Å². The summed E-state index contributed by atoms with van der Waals surface area (Å²) in [5.41, 5.74) is 6.48. The maximum atomic E-state index is 5.48. The quantitative estimate of drug-likeness (QED) is 0.935. The van der Waals surface area contributed by atoms with Crippen LogP contribution < -0.4 is 5.73 Å². The summed E-state index contributed by atoms with van der Waals surface area (Å²) in [6.07, 6.45) is 2.44. The highest BCUT2D eigenvalue weighted by atomic mass is 79.9. The molecule has 0 amide bonds. The molecule has 0 spiro atoms. The molecule has 0 saturated heterocycles. The van der Waals surface area contributed by atoms with Crippen molar-refractivity contribution in [3.63, 3.8) is 0 Å². The van der Waals surface area contributed by atoms with Gasteiger partial charge in [0.25, 0.3) is 0 Å². The maximum absolute atomic E-state index is 5.48. The van der Waals surface area contributed by atoms with Crippen LogP contribution in [0.25, 0.3) is 10.8 Å². The van der Waals surface area contributed by atoms with Gasteiger partial charge in [0.05, 0.1) is 15.7 Å². The fourth-order valence-electron chi connectivity index (χ4n) is 1.13. The van der Waals surface area contributed by atoms with Gasteiger partial charge in [0.15, 0.2) is 10.8 Å². The van der Waals surface area contributed by atoms with Gasteiger partial charge in [-0.3, -0.25) is 0 Å². The van der Waals surface area contributed by atoms with E-state index in [1.165, 1.54) is 0 Å². The van der Waals surface area contributed by atoms with E-state index in [1.807, 2.05) is 12.1 Å². The molecule has 2 N–H and O–H groups in total. The number of halogens is 1. The van der Waals surface area contributed by atoms with Crippen LogP contribution in [-0.2, 0) is 6.42 Å². The zero-order valence-corrected chi connectivity index (χ0v) is 9.77. The zero-order chi connectivity index (χ0) is 9.97. The summed E-state index contributed by atoms with van der Waals surface area (Å²) in [5.74, 6) is 0.805. The number of thiazole rings is 1. The largest absolute Gasteiger partial charge is 0.462 e. The highest BCUT2D eigenvalue weighted by Crippen LogP contribution is 2.32. The lowest BCUT2D eigenvalue weighted by Gasteiger charge is -1.90. The molecule has 2 rings (SSSR count). The van der Waals surface area contributed by atoms with Crippen LogP contribution >= 0.6 is 27.3 Å². The third-order valence-electron chi connectivity index (χ3n) is 1.76. The number of hydrogen-bond acceptors (Lipinski definition) is 4. The van der Waals surface area contributed by atoms with Gasteiger partial charge < -0.3 is 10.2 Å². The van der Waals surface area contributed by atoms with Crippen molar-refractivity contribution in [2.75, 3.05) is 6.54 Å². The van der Waals surface area contributed by atoms with Gasteiger partial charge in [-0.15, -0.1) is 11.3 Å². The first-order valence-corrected chi connectivity index (χ1v) is 5.81. The van der Waals surface area contributed by atoms with E-state index in [9.17, 15) is 0 Å². The standard InChI is InChI=1S/C9H9BrN2OS/c10-8-6(3-4-11)12-9(14-8)7-2-1-5-13-7/h1-2,5H,3-4,11H2. The highest BCUT2D eigenvalue weighted by molar-refractivity contribution is 9.11. The van der Waals surface area contributed by atoms with Crippen molar-refractivity contribution in [1.82, 2.24) is 4.98 Å². The molecule has 0 aliphatic heterocycles. The summed E-state index contributed by atoms with van der Waals surface area (Å²) < 4.78 is 6.30. The van der Waals surface area contributed by atoms with Crippen LogP contribution in [0.15, 0.2) is 26.6 Å². The van der Waals surface area contributed by atoms with Gasteiger partial charge >= 0.3 is 0 Å². The number of rotatable bonds is 3. The molecule has 0 aliphatic rings. The lowest BCUT2D eigenvalue weighted by Crippen LogP contribution is -2.03. The van der Waals surface area contributed by atoms with Crippen molar-refractivity contribution < 1.29 is 4.42 Å². The van der Waals surface area contributed by atoms with Crippen molar-refractivity contribution in [2.24, 2.45) is 5.73 Å². The Labute approximate surface area is 94.1 Å².